The Bertz CT molecular complexity index is 775. The van der Waals surface area contributed by atoms with Gasteiger partial charge in [0, 0.05) is 18.3 Å². The zero-order valence-corrected chi connectivity index (χ0v) is 12.4. The Kier molecular flexibility index (Phi) is 2.92. The van der Waals surface area contributed by atoms with Gasteiger partial charge in [-0.2, -0.15) is 0 Å². The van der Waals surface area contributed by atoms with Crippen molar-refractivity contribution in [3.05, 3.63) is 40.3 Å². The van der Waals surface area contributed by atoms with E-state index in [1.807, 2.05) is 12.1 Å². The molecule has 0 saturated heterocycles. The predicted molar refractivity (Wildman–Crippen MR) is 73.9 cm³/mol. The van der Waals surface area contributed by atoms with Gasteiger partial charge in [0.25, 0.3) is 0 Å². The van der Waals surface area contributed by atoms with Crippen molar-refractivity contribution in [2.45, 2.75) is 18.4 Å². The molecule has 1 aromatic carbocycles. The molecule has 0 amide bonds. The Morgan fingerprint density at radius 1 is 1.37 bits per heavy atom. The third-order valence-corrected chi connectivity index (χ3v) is 5.01. The van der Waals surface area contributed by atoms with Crippen molar-refractivity contribution < 1.29 is 8.42 Å². The Hall–Kier alpha value is -1.31. The third kappa shape index (κ3) is 2.18. The molecule has 0 radical (unpaired) electrons. The van der Waals surface area contributed by atoms with Gasteiger partial charge in [0.05, 0.1) is 15.1 Å². The number of rotatable bonds is 1. The monoisotopic (exact) mass is 339 g/mol. The molecule has 98 valence electrons. The number of hydrogen-bond acceptors (Lipinski definition) is 4. The van der Waals surface area contributed by atoms with Gasteiger partial charge in [-0.3, -0.25) is 0 Å². The lowest BCUT2D eigenvalue weighted by atomic mass is 10.1. The van der Waals surface area contributed by atoms with Crippen LogP contribution >= 0.6 is 15.9 Å². The lowest BCUT2D eigenvalue weighted by Gasteiger charge is -2.06. The highest BCUT2D eigenvalue weighted by Gasteiger charge is 2.26. The molecule has 0 unspecified atom stereocenters. The summed E-state index contributed by atoms with van der Waals surface area (Å²) < 4.78 is 26.9. The lowest BCUT2D eigenvalue weighted by molar-refractivity contribution is 0.589. The SMILES string of the molecule is Cc1ncc(Br)c(-c2ccc3c(c2)S(=O)(=O)NC3)n1. The molecule has 5 nitrogen and oxygen atoms in total. The van der Waals surface area contributed by atoms with Crippen LogP contribution in [-0.4, -0.2) is 18.4 Å². The minimum atomic E-state index is -3.37. The van der Waals surface area contributed by atoms with Crippen molar-refractivity contribution >= 4 is 26.0 Å². The van der Waals surface area contributed by atoms with Gasteiger partial charge >= 0.3 is 0 Å². The molecule has 7 heteroatoms. The first kappa shape index (κ1) is 12.7. The summed E-state index contributed by atoms with van der Waals surface area (Å²) in [7, 11) is -3.37. The maximum absolute atomic E-state index is 11.8. The fraction of sp³-hybridized carbons (Fsp3) is 0.167. The second-order valence-corrected chi connectivity index (χ2v) is 6.85. The quantitative estimate of drug-likeness (QED) is 0.862. The fourth-order valence-electron chi connectivity index (χ4n) is 2.01. The number of aromatic nitrogens is 2. The van der Waals surface area contributed by atoms with Gasteiger partial charge in [-0.15, -0.1) is 0 Å². The highest BCUT2D eigenvalue weighted by molar-refractivity contribution is 9.10. The first-order valence-corrected chi connectivity index (χ1v) is 7.87. The summed E-state index contributed by atoms with van der Waals surface area (Å²) in [5.74, 6) is 0.639. The first-order chi connectivity index (χ1) is 8.97. The van der Waals surface area contributed by atoms with E-state index in [0.717, 1.165) is 15.6 Å². The van der Waals surface area contributed by atoms with Gasteiger partial charge in [-0.25, -0.2) is 23.1 Å². The lowest BCUT2D eigenvalue weighted by Crippen LogP contribution is -2.13. The second-order valence-electron chi connectivity index (χ2n) is 4.26. The van der Waals surface area contributed by atoms with Gasteiger partial charge in [-0.05, 0) is 34.5 Å². The summed E-state index contributed by atoms with van der Waals surface area (Å²) in [6.45, 7) is 2.14. The first-order valence-electron chi connectivity index (χ1n) is 5.59. The van der Waals surface area contributed by atoms with Crippen LogP contribution in [0, 0.1) is 6.92 Å². The second kappa shape index (κ2) is 4.36. The summed E-state index contributed by atoms with van der Waals surface area (Å²) in [5, 5.41) is 0. The van der Waals surface area contributed by atoms with Crippen LogP contribution in [0.3, 0.4) is 0 Å². The molecule has 1 aliphatic heterocycles. The number of halogens is 1. The summed E-state index contributed by atoms with van der Waals surface area (Å²) in [6.07, 6.45) is 1.66. The number of fused-ring (bicyclic) bond motifs is 1. The maximum atomic E-state index is 11.8. The van der Waals surface area contributed by atoms with Crippen LogP contribution in [0.25, 0.3) is 11.3 Å². The largest absolute Gasteiger partial charge is 0.241 e. The molecule has 2 heterocycles. The highest BCUT2D eigenvalue weighted by atomic mass is 79.9. The Balaban J connectivity index is 2.21. The smallest absolute Gasteiger partial charge is 0.240 e. The molecule has 0 aliphatic carbocycles. The van der Waals surface area contributed by atoms with Crippen LogP contribution in [0.5, 0.6) is 0 Å². The van der Waals surface area contributed by atoms with Gasteiger partial charge in [0.2, 0.25) is 10.0 Å². The molecule has 1 aromatic heterocycles. The Morgan fingerprint density at radius 3 is 2.95 bits per heavy atom. The maximum Gasteiger partial charge on any atom is 0.241 e. The minimum absolute atomic E-state index is 0.327. The van der Waals surface area contributed by atoms with E-state index in [0.29, 0.717) is 23.0 Å². The van der Waals surface area contributed by atoms with Crippen molar-refractivity contribution in [1.29, 1.82) is 0 Å². The van der Waals surface area contributed by atoms with Crippen molar-refractivity contribution in [1.82, 2.24) is 14.7 Å². The van der Waals surface area contributed by atoms with E-state index in [2.05, 4.69) is 30.6 Å². The molecule has 1 N–H and O–H groups in total. The van der Waals surface area contributed by atoms with Crippen molar-refractivity contribution in [3.8, 4) is 11.3 Å². The minimum Gasteiger partial charge on any atom is -0.240 e. The van der Waals surface area contributed by atoms with Crippen LogP contribution < -0.4 is 4.72 Å². The molecular weight excluding hydrogens is 330 g/mol. The number of nitrogens with one attached hydrogen (secondary N) is 1. The van der Waals surface area contributed by atoms with Gasteiger partial charge < -0.3 is 0 Å². The van der Waals surface area contributed by atoms with Crippen molar-refractivity contribution in [2.24, 2.45) is 0 Å². The van der Waals surface area contributed by atoms with Crippen LogP contribution in [-0.2, 0) is 16.6 Å². The van der Waals surface area contributed by atoms with Crippen LogP contribution in [0.15, 0.2) is 33.8 Å². The van der Waals surface area contributed by atoms with E-state index in [1.165, 1.54) is 0 Å². The number of hydrogen-bond donors (Lipinski definition) is 1. The van der Waals surface area contributed by atoms with Crippen LogP contribution in [0.1, 0.15) is 11.4 Å². The fourth-order valence-corrected chi connectivity index (χ4v) is 3.69. The number of benzene rings is 1. The third-order valence-electron chi connectivity index (χ3n) is 2.95. The molecule has 0 spiro atoms. The molecule has 1 aliphatic rings. The molecule has 0 saturated carbocycles. The molecular formula is C12H10BrN3O2S. The van der Waals surface area contributed by atoms with Crippen molar-refractivity contribution in [2.75, 3.05) is 0 Å². The van der Waals surface area contributed by atoms with E-state index in [-0.39, 0.29) is 0 Å². The number of nitrogens with zero attached hydrogens (tertiary/aromatic N) is 2. The molecule has 0 bridgehead atoms. The summed E-state index contributed by atoms with van der Waals surface area (Å²) in [5.41, 5.74) is 2.23. The topological polar surface area (TPSA) is 72.0 Å². The van der Waals surface area contributed by atoms with E-state index in [1.54, 1.807) is 19.2 Å². The summed E-state index contributed by atoms with van der Waals surface area (Å²) in [4.78, 5) is 8.75. The Morgan fingerprint density at radius 2 is 2.16 bits per heavy atom. The molecule has 3 rings (SSSR count). The van der Waals surface area contributed by atoms with E-state index >= 15 is 0 Å². The van der Waals surface area contributed by atoms with E-state index in [4.69, 9.17) is 0 Å². The average Bonchev–Trinajstić information content (AvgIpc) is 2.68. The van der Waals surface area contributed by atoms with Gasteiger partial charge in [0.15, 0.2) is 0 Å². The zero-order valence-electron chi connectivity index (χ0n) is 10.0. The van der Waals surface area contributed by atoms with Gasteiger partial charge in [-0.1, -0.05) is 12.1 Å². The molecule has 0 fully saturated rings. The summed E-state index contributed by atoms with van der Waals surface area (Å²) in [6, 6.07) is 5.33. The van der Waals surface area contributed by atoms with Crippen LogP contribution in [0.4, 0.5) is 0 Å². The standard InChI is InChI=1S/C12H10BrN3O2S/c1-7-14-6-10(13)12(16-7)8-2-3-9-5-15-19(17,18)11(9)4-8/h2-4,6,15H,5H2,1H3. The van der Waals surface area contributed by atoms with Crippen LogP contribution in [0.2, 0.25) is 0 Å². The zero-order chi connectivity index (χ0) is 13.6. The average molecular weight is 340 g/mol. The Labute approximate surface area is 119 Å². The molecule has 19 heavy (non-hydrogen) atoms. The highest BCUT2D eigenvalue weighted by Crippen LogP contribution is 2.31. The molecule has 0 atom stereocenters. The predicted octanol–water partition coefficient (Wildman–Crippen LogP) is 2.01. The van der Waals surface area contributed by atoms with Crippen molar-refractivity contribution in [3.63, 3.8) is 0 Å². The number of aryl methyl sites for hydroxylation is 1. The number of sulfonamides is 1. The van der Waals surface area contributed by atoms with E-state index in [9.17, 15) is 8.42 Å². The molecule has 2 aromatic rings. The normalized spacial score (nSPS) is 16.3. The van der Waals surface area contributed by atoms with E-state index < -0.39 is 10.0 Å². The summed E-state index contributed by atoms with van der Waals surface area (Å²) >= 11 is 3.39. The van der Waals surface area contributed by atoms with Gasteiger partial charge in [0.1, 0.15) is 5.82 Å².